The fourth-order valence-corrected chi connectivity index (χ4v) is 4.91. The molecule has 0 aromatic heterocycles. The largest absolute Gasteiger partial charge is 0.342 e. The summed E-state index contributed by atoms with van der Waals surface area (Å²) in [6, 6.07) is 6.87. The molecule has 0 aliphatic rings. The lowest BCUT2D eigenvalue weighted by atomic mass is 9.76. The molecule has 0 aliphatic heterocycles. The number of Topliss-reactive ketones (excluding diaryl/α,β-unsaturated/α-hetero) is 1. The standard InChI is InChI=1S/C32H53N3O3/c1-20(2)17-24-15-14-16-25(19-24)32(10,11)27(33-12)29(37)34-28(31(7,8)9)30(38)35(13)26(21(3)4)18-22(5)23(6)36/h14-16,18-21,26-28,33H,17H2,1-13H3,(H,34,37)/b22-18+/t26-,27-,28-/m1/s1. The fourth-order valence-electron chi connectivity index (χ4n) is 4.91. The Kier molecular flexibility index (Phi) is 12.0. The van der Waals surface area contributed by atoms with Crippen LogP contribution in [0.2, 0.25) is 0 Å². The highest BCUT2D eigenvalue weighted by atomic mass is 16.2. The highest BCUT2D eigenvalue weighted by Crippen LogP contribution is 2.30. The molecule has 1 aromatic rings. The molecule has 38 heavy (non-hydrogen) atoms. The average Bonchev–Trinajstić information content (AvgIpc) is 2.78. The molecule has 1 rings (SSSR count). The van der Waals surface area contributed by atoms with E-state index in [0.29, 0.717) is 11.5 Å². The first-order valence-corrected chi connectivity index (χ1v) is 13.9. The molecule has 0 radical (unpaired) electrons. The number of benzene rings is 1. The third-order valence-corrected chi connectivity index (χ3v) is 7.44. The molecule has 0 fully saturated rings. The van der Waals surface area contributed by atoms with Crippen LogP contribution in [-0.4, -0.2) is 54.7 Å². The Labute approximate surface area is 232 Å². The lowest BCUT2D eigenvalue weighted by molar-refractivity contribution is -0.140. The van der Waals surface area contributed by atoms with Crippen LogP contribution in [0.5, 0.6) is 0 Å². The molecule has 0 bridgehead atoms. The van der Waals surface area contributed by atoms with Gasteiger partial charge in [0.05, 0.1) is 12.1 Å². The molecule has 3 atom stereocenters. The predicted octanol–water partition coefficient (Wildman–Crippen LogP) is 5.30. The fraction of sp³-hybridized carbons (Fsp3) is 0.656. The summed E-state index contributed by atoms with van der Waals surface area (Å²) in [5.41, 5.74) is 1.90. The molecule has 6 heteroatoms. The summed E-state index contributed by atoms with van der Waals surface area (Å²) in [4.78, 5) is 41.2. The van der Waals surface area contributed by atoms with E-state index in [1.54, 1.807) is 25.9 Å². The molecule has 0 aliphatic carbocycles. The molecule has 0 heterocycles. The number of ketones is 1. The molecular formula is C32H53N3O3. The second-order valence-corrected chi connectivity index (χ2v) is 13.1. The van der Waals surface area contributed by atoms with Gasteiger partial charge in [-0.3, -0.25) is 14.4 Å². The Bertz CT molecular complexity index is 1000. The van der Waals surface area contributed by atoms with E-state index < -0.39 is 22.9 Å². The second-order valence-electron chi connectivity index (χ2n) is 13.1. The molecule has 6 nitrogen and oxygen atoms in total. The quantitative estimate of drug-likeness (QED) is 0.362. The van der Waals surface area contributed by atoms with Crippen molar-refractivity contribution < 1.29 is 14.4 Å². The Morgan fingerprint density at radius 1 is 0.974 bits per heavy atom. The third-order valence-electron chi connectivity index (χ3n) is 7.44. The lowest BCUT2D eigenvalue weighted by Crippen LogP contribution is -2.61. The van der Waals surface area contributed by atoms with E-state index >= 15 is 0 Å². The van der Waals surface area contributed by atoms with Crippen LogP contribution in [0.15, 0.2) is 35.9 Å². The van der Waals surface area contributed by atoms with Crippen LogP contribution >= 0.6 is 0 Å². The number of allylic oxidation sites excluding steroid dienone is 1. The van der Waals surface area contributed by atoms with E-state index in [-0.39, 0.29) is 29.6 Å². The van der Waals surface area contributed by atoms with Gasteiger partial charge >= 0.3 is 0 Å². The van der Waals surface area contributed by atoms with Gasteiger partial charge in [0.1, 0.15) is 6.04 Å². The highest BCUT2D eigenvalue weighted by molar-refractivity contribution is 5.93. The first kappa shape index (κ1) is 33.6. The van der Waals surface area contributed by atoms with E-state index in [4.69, 9.17) is 0 Å². The molecule has 0 saturated carbocycles. The zero-order valence-corrected chi connectivity index (χ0v) is 26.2. The van der Waals surface area contributed by atoms with Crippen molar-refractivity contribution in [3.8, 4) is 0 Å². The zero-order valence-electron chi connectivity index (χ0n) is 26.2. The van der Waals surface area contributed by atoms with Crippen LogP contribution in [0.25, 0.3) is 0 Å². The zero-order chi connectivity index (χ0) is 29.6. The summed E-state index contributed by atoms with van der Waals surface area (Å²) in [7, 11) is 3.54. The topological polar surface area (TPSA) is 78.5 Å². The number of amides is 2. The molecule has 0 saturated heterocycles. The van der Waals surface area contributed by atoms with Crippen LogP contribution in [0.3, 0.4) is 0 Å². The number of carbonyl (C=O) groups is 3. The second kappa shape index (κ2) is 13.5. The van der Waals surface area contributed by atoms with E-state index in [1.807, 2.05) is 40.7 Å². The van der Waals surface area contributed by atoms with E-state index in [1.165, 1.54) is 12.5 Å². The van der Waals surface area contributed by atoms with Gasteiger partial charge in [-0.25, -0.2) is 0 Å². The van der Waals surface area contributed by atoms with Gasteiger partial charge in [0, 0.05) is 12.5 Å². The summed E-state index contributed by atoms with van der Waals surface area (Å²) < 4.78 is 0. The first-order chi connectivity index (χ1) is 17.3. The van der Waals surface area contributed by atoms with Crippen LogP contribution in [0.4, 0.5) is 0 Å². The Morgan fingerprint density at radius 2 is 1.55 bits per heavy atom. The van der Waals surface area contributed by atoms with Crippen molar-refractivity contribution in [1.82, 2.24) is 15.5 Å². The normalized spacial score (nSPS) is 15.3. The predicted molar refractivity (Wildman–Crippen MR) is 158 cm³/mol. The highest BCUT2D eigenvalue weighted by Gasteiger charge is 2.41. The van der Waals surface area contributed by atoms with Gasteiger partial charge in [-0.05, 0) is 61.3 Å². The summed E-state index contributed by atoms with van der Waals surface area (Å²) in [6.45, 7) is 21.7. The van der Waals surface area contributed by atoms with Crippen LogP contribution in [-0.2, 0) is 26.2 Å². The van der Waals surface area contributed by atoms with Crippen molar-refractivity contribution in [2.24, 2.45) is 17.3 Å². The Hall–Kier alpha value is -2.47. The minimum atomic E-state index is -0.744. The monoisotopic (exact) mass is 527 g/mol. The van der Waals surface area contributed by atoms with Crippen molar-refractivity contribution in [1.29, 1.82) is 0 Å². The van der Waals surface area contributed by atoms with Crippen molar-refractivity contribution in [3.63, 3.8) is 0 Å². The maximum atomic E-state index is 13.9. The smallest absolute Gasteiger partial charge is 0.245 e. The minimum absolute atomic E-state index is 0.0197. The minimum Gasteiger partial charge on any atom is -0.342 e. The molecule has 2 amide bonds. The number of likely N-dealkylation sites (N-methyl/N-ethyl adjacent to an activating group) is 2. The summed E-state index contributed by atoms with van der Waals surface area (Å²) in [6.07, 6.45) is 2.83. The molecule has 0 spiro atoms. The number of nitrogens with one attached hydrogen (secondary N) is 2. The maximum Gasteiger partial charge on any atom is 0.245 e. The van der Waals surface area contributed by atoms with Gasteiger partial charge in [0.2, 0.25) is 11.8 Å². The van der Waals surface area contributed by atoms with E-state index in [9.17, 15) is 14.4 Å². The van der Waals surface area contributed by atoms with Gasteiger partial charge < -0.3 is 15.5 Å². The van der Waals surface area contributed by atoms with E-state index in [2.05, 4.69) is 62.6 Å². The van der Waals surface area contributed by atoms with Crippen LogP contribution in [0, 0.1) is 17.3 Å². The van der Waals surface area contributed by atoms with E-state index in [0.717, 1.165) is 12.0 Å². The molecule has 1 aromatic carbocycles. The van der Waals surface area contributed by atoms with Gasteiger partial charge in [-0.2, -0.15) is 0 Å². The SMILES string of the molecule is CN[C@H](C(=O)N[C@H](C(=O)N(C)[C@H](/C=C(\C)C(C)=O)C(C)C)C(C)(C)C)C(C)(C)c1cccc(CC(C)C)c1. The van der Waals surface area contributed by atoms with Gasteiger partial charge in [-0.15, -0.1) is 0 Å². The van der Waals surface area contributed by atoms with Crippen molar-refractivity contribution in [2.45, 2.75) is 106 Å². The third kappa shape index (κ3) is 8.79. The van der Waals surface area contributed by atoms with Crippen molar-refractivity contribution >= 4 is 17.6 Å². The number of hydrogen-bond acceptors (Lipinski definition) is 4. The molecule has 2 N–H and O–H groups in total. The molecule has 214 valence electrons. The average molecular weight is 528 g/mol. The summed E-state index contributed by atoms with van der Waals surface area (Å²) in [5, 5.41) is 6.32. The van der Waals surface area contributed by atoms with Crippen LogP contribution < -0.4 is 10.6 Å². The van der Waals surface area contributed by atoms with Gasteiger partial charge in [-0.1, -0.05) is 92.7 Å². The van der Waals surface area contributed by atoms with Gasteiger partial charge in [0.25, 0.3) is 0 Å². The van der Waals surface area contributed by atoms with Crippen molar-refractivity contribution in [2.75, 3.05) is 14.1 Å². The molecular weight excluding hydrogens is 474 g/mol. The summed E-state index contributed by atoms with van der Waals surface area (Å²) >= 11 is 0. The number of rotatable bonds is 12. The first-order valence-electron chi connectivity index (χ1n) is 13.9. The van der Waals surface area contributed by atoms with Crippen molar-refractivity contribution in [3.05, 3.63) is 47.0 Å². The Morgan fingerprint density at radius 3 is 2.00 bits per heavy atom. The van der Waals surface area contributed by atoms with Crippen LogP contribution in [0.1, 0.15) is 87.3 Å². The summed E-state index contributed by atoms with van der Waals surface area (Å²) in [5.74, 6) is 0.218. The lowest BCUT2D eigenvalue weighted by Gasteiger charge is -2.40. The molecule has 0 unspecified atom stereocenters. The van der Waals surface area contributed by atoms with Gasteiger partial charge in [0.15, 0.2) is 5.78 Å². The number of nitrogens with zero attached hydrogens (tertiary/aromatic N) is 1. The maximum absolute atomic E-state index is 13.9. The Balaban J connectivity index is 3.34. The number of carbonyl (C=O) groups excluding carboxylic acids is 3. The number of hydrogen-bond donors (Lipinski definition) is 2.